The van der Waals surface area contributed by atoms with Crippen LogP contribution >= 0.6 is 0 Å². The highest BCUT2D eigenvalue weighted by Gasteiger charge is 2.25. The van der Waals surface area contributed by atoms with Crippen molar-refractivity contribution >= 4 is 10.0 Å². The molecular formula is C20H27N3O3S. The number of likely N-dealkylation sites (N-methyl/N-ethyl adjacent to an activating group) is 1. The molecule has 0 radical (unpaired) electrons. The monoisotopic (exact) mass is 389 g/mol. The zero-order valence-electron chi connectivity index (χ0n) is 15.8. The number of hydrogen-bond donors (Lipinski definition) is 1. The van der Waals surface area contributed by atoms with Crippen molar-refractivity contribution in [2.45, 2.75) is 10.9 Å². The molecule has 0 amide bonds. The van der Waals surface area contributed by atoms with E-state index < -0.39 is 10.0 Å². The van der Waals surface area contributed by atoms with Crippen molar-refractivity contribution in [3.8, 4) is 5.75 Å². The highest BCUT2D eigenvalue weighted by Crippen LogP contribution is 2.22. The van der Waals surface area contributed by atoms with Crippen LogP contribution in [0.25, 0.3) is 0 Å². The molecule has 6 nitrogen and oxygen atoms in total. The summed E-state index contributed by atoms with van der Waals surface area (Å²) in [4.78, 5) is 4.89. The molecule has 0 spiro atoms. The average molecular weight is 390 g/mol. The fraction of sp³-hybridized carbons (Fsp3) is 0.400. The van der Waals surface area contributed by atoms with E-state index in [-0.39, 0.29) is 10.9 Å². The van der Waals surface area contributed by atoms with Gasteiger partial charge in [0.15, 0.2) is 0 Å². The Labute approximate surface area is 161 Å². The lowest BCUT2D eigenvalue weighted by atomic mass is 10.0. The van der Waals surface area contributed by atoms with Gasteiger partial charge in [0.2, 0.25) is 10.0 Å². The predicted octanol–water partition coefficient (Wildman–Crippen LogP) is 1.96. The summed E-state index contributed by atoms with van der Waals surface area (Å²) < 4.78 is 33.3. The van der Waals surface area contributed by atoms with Gasteiger partial charge in [-0.3, -0.25) is 4.90 Å². The van der Waals surface area contributed by atoms with Crippen LogP contribution in [0.1, 0.15) is 11.6 Å². The molecule has 1 N–H and O–H groups in total. The molecule has 146 valence electrons. The lowest BCUT2D eigenvalue weighted by molar-refractivity contribution is 0.113. The molecule has 1 aliphatic rings. The standard InChI is InChI=1S/C20H27N3O3S/c1-22-12-14-23(15-13-22)20(17-6-4-3-5-7-17)16-21-27(24,25)19-10-8-18(26-2)9-11-19/h3-11,20-21H,12-16H2,1-2H3. The van der Waals surface area contributed by atoms with E-state index in [1.807, 2.05) is 18.2 Å². The maximum Gasteiger partial charge on any atom is 0.240 e. The van der Waals surface area contributed by atoms with E-state index in [0.717, 1.165) is 31.7 Å². The molecule has 0 aromatic heterocycles. The molecule has 0 bridgehead atoms. The van der Waals surface area contributed by atoms with Crippen LogP contribution < -0.4 is 9.46 Å². The Morgan fingerprint density at radius 1 is 1.00 bits per heavy atom. The summed E-state index contributed by atoms with van der Waals surface area (Å²) in [5.41, 5.74) is 1.12. The van der Waals surface area contributed by atoms with Gasteiger partial charge in [0, 0.05) is 38.8 Å². The van der Waals surface area contributed by atoms with E-state index in [9.17, 15) is 8.42 Å². The van der Waals surface area contributed by atoms with Crippen molar-refractivity contribution in [2.24, 2.45) is 0 Å². The Hall–Kier alpha value is -1.93. The van der Waals surface area contributed by atoms with Crippen molar-refractivity contribution < 1.29 is 13.2 Å². The summed E-state index contributed by atoms with van der Waals surface area (Å²) in [7, 11) is 0.0898. The molecule has 1 heterocycles. The van der Waals surface area contributed by atoms with Crippen LogP contribution in [0.2, 0.25) is 0 Å². The van der Waals surface area contributed by atoms with Crippen LogP contribution in [-0.2, 0) is 10.0 Å². The molecule has 2 aromatic carbocycles. The number of rotatable bonds is 7. The molecule has 1 saturated heterocycles. The van der Waals surface area contributed by atoms with Gasteiger partial charge >= 0.3 is 0 Å². The number of ether oxygens (including phenoxy) is 1. The van der Waals surface area contributed by atoms with Crippen molar-refractivity contribution in [2.75, 3.05) is 46.9 Å². The lowest BCUT2D eigenvalue weighted by Gasteiger charge is -2.38. The maximum absolute atomic E-state index is 12.7. The number of sulfonamides is 1. The molecule has 1 aliphatic heterocycles. The van der Waals surface area contributed by atoms with E-state index in [4.69, 9.17) is 4.74 Å². The molecule has 7 heteroatoms. The average Bonchev–Trinajstić information content (AvgIpc) is 2.70. The topological polar surface area (TPSA) is 61.9 Å². The molecule has 2 aromatic rings. The zero-order valence-corrected chi connectivity index (χ0v) is 16.7. The fourth-order valence-corrected chi connectivity index (χ4v) is 4.33. The second kappa shape index (κ2) is 8.84. The second-order valence-corrected chi connectivity index (χ2v) is 8.56. The third-order valence-corrected chi connectivity index (χ3v) is 6.44. The first-order valence-corrected chi connectivity index (χ1v) is 10.6. The number of methoxy groups -OCH3 is 1. The normalized spacial score (nSPS) is 17.6. The Balaban J connectivity index is 1.75. The minimum absolute atomic E-state index is 0.00734. The van der Waals surface area contributed by atoms with E-state index in [1.54, 1.807) is 31.4 Å². The van der Waals surface area contributed by atoms with Crippen molar-refractivity contribution in [3.63, 3.8) is 0 Å². The van der Waals surface area contributed by atoms with Crippen LogP contribution in [0.4, 0.5) is 0 Å². The number of nitrogens with zero attached hydrogens (tertiary/aromatic N) is 2. The third kappa shape index (κ3) is 5.07. The summed E-state index contributed by atoms with van der Waals surface area (Å²) in [6.07, 6.45) is 0. The molecular weight excluding hydrogens is 362 g/mol. The minimum Gasteiger partial charge on any atom is -0.497 e. The van der Waals surface area contributed by atoms with Crippen LogP contribution in [0, 0.1) is 0 Å². The second-order valence-electron chi connectivity index (χ2n) is 6.79. The van der Waals surface area contributed by atoms with Gasteiger partial charge in [-0.05, 0) is 36.9 Å². The summed E-state index contributed by atoms with van der Waals surface area (Å²) in [6, 6.07) is 16.5. The zero-order chi connectivity index (χ0) is 19.3. The van der Waals surface area contributed by atoms with Crippen LogP contribution in [0.15, 0.2) is 59.5 Å². The van der Waals surface area contributed by atoms with Crippen molar-refractivity contribution in [1.29, 1.82) is 0 Å². The van der Waals surface area contributed by atoms with Gasteiger partial charge in [0.05, 0.1) is 12.0 Å². The smallest absolute Gasteiger partial charge is 0.240 e. The first kappa shape index (κ1) is 19.8. The van der Waals surface area contributed by atoms with Gasteiger partial charge < -0.3 is 9.64 Å². The highest BCUT2D eigenvalue weighted by molar-refractivity contribution is 7.89. The van der Waals surface area contributed by atoms with Crippen LogP contribution in [-0.4, -0.2) is 65.1 Å². The Kier molecular flexibility index (Phi) is 6.49. The summed E-state index contributed by atoms with van der Waals surface area (Å²) in [6.45, 7) is 4.13. The van der Waals surface area contributed by atoms with Crippen molar-refractivity contribution in [3.05, 3.63) is 60.2 Å². The quantitative estimate of drug-likeness (QED) is 0.784. The molecule has 27 heavy (non-hydrogen) atoms. The molecule has 0 aliphatic carbocycles. The molecule has 1 fully saturated rings. The van der Waals surface area contributed by atoms with Gasteiger partial charge in [-0.2, -0.15) is 0 Å². The number of nitrogens with one attached hydrogen (secondary N) is 1. The summed E-state index contributed by atoms with van der Waals surface area (Å²) >= 11 is 0. The third-order valence-electron chi connectivity index (χ3n) is 5.00. The van der Waals surface area contributed by atoms with E-state index >= 15 is 0 Å². The van der Waals surface area contributed by atoms with Crippen LogP contribution in [0.3, 0.4) is 0 Å². The van der Waals surface area contributed by atoms with E-state index in [1.165, 1.54) is 0 Å². The SMILES string of the molecule is COc1ccc(S(=O)(=O)NCC(c2ccccc2)N2CCN(C)CC2)cc1. The molecule has 1 unspecified atom stereocenters. The van der Waals surface area contributed by atoms with Gasteiger partial charge in [-0.15, -0.1) is 0 Å². The fourth-order valence-electron chi connectivity index (χ4n) is 3.29. The van der Waals surface area contributed by atoms with Crippen LogP contribution in [0.5, 0.6) is 5.75 Å². The summed E-state index contributed by atoms with van der Waals surface area (Å²) in [5, 5.41) is 0. The minimum atomic E-state index is -3.58. The van der Waals surface area contributed by atoms with Crippen molar-refractivity contribution in [1.82, 2.24) is 14.5 Å². The Morgan fingerprint density at radius 2 is 1.63 bits per heavy atom. The predicted molar refractivity (Wildman–Crippen MR) is 106 cm³/mol. The molecule has 0 saturated carbocycles. The number of piperazine rings is 1. The molecule has 1 atom stereocenters. The van der Waals surface area contributed by atoms with E-state index in [2.05, 4.69) is 33.7 Å². The van der Waals surface area contributed by atoms with Gasteiger partial charge in [0.25, 0.3) is 0 Å². The first-order valence-electron chi connectivity index (χ1n) is 9.11. The first-order chi connectivity index (χ1) is 13.0. The van der Waals surface area contributed by atoms with E-state index in [0.29, 0.717) is 12.3 Å². The number of hydrogen-bond acceptors (Lipinski definition) is 5. The van der Waals surface area contributed by atoms with Gasteiger partial charge in [-0.1, -0.05) is 30.3 Å². The Bertz CT molecular complexity index is 817. The lowest BCUT2D eigenvalue weighted by Crippen LogP contribution is -2.48. The Morgan fingerprint density at radius 3 is 2.22 bits per heavy atom. The summed E-state index contributed by atoms with van der Waals surface area (Å²) in [5.74, 6) is 0.633. The largest absolute Gasteiger partial charge is 0.497 e. The number of benzene rings is 2. The van der Waals surface area contributed by atoms with Gasteiger partial charge in [-0.25, -0.2) is 13.1 Å². The molecule has 3 rings (SSSR count). The van der Waals surface area contributed by atoms with Gasteiger partial charge in [0.1, 0.15) is 5.75 Å². The highest BCUT2D eigenvalue weighted by atomic mass is 32.2. The maximum atomic E-state index is 12.7.